The third kappa shape index (κ3) is 3.78. The van der Waals surface area contributed by atoms with E-state index < -0.39 is 0 Å². The lowest BCUT2D eigenvalue weighted by molar-refractivity contribution is -0.00803. The summed E-state index contributed by atoms with van der Waals surface area (Å²) in [6.45, 7) is 9.77. The molecule has 2 fully saturated rings. The average Bonchev–Trinajstić information content (AvgIpc) is 2.99. The Hall–Kier alpha value is -1.33. The number of hydrogen-bond donors (Lipinski definition) is 0. The Bertz CT molecular complexity index is 500. The summed E-state index contributed by atoms with van der Waals surface area (Å²) in [6, 6.07) is 2.94. The molecule has 1 amide bonds. The van der Waals surface area contributed by atoms with Crippen LogP contribution in [-0.4, -0.2) is 72.5 Å². The normalized spacial score (nSPS) is 21.2. The molecule has 3 heterocycles. The average molecular weight is 319 g/mol. The number of furan rings is 1. The summed E-state index contributed by atoms with van der Waals surface area (Å²) in [5, 5.41) is 0. The molecule has 0 bridgehead atoms. The molecule has 128 valence electrons. The van der Waals surface area contributed by atoms with E-state index in [-0.39, 0.29) is 5.91 Å². The zero-order chi connectivity index (χ0) is 16.4. The lowest BCUT2D eigenvalue weighted by Crippen LogP contribution is -2.64. The standard InChI is InChI=1S/C18H29N3O2/c1-14(2)10-21(16-4-7-19(3)8-5-16)17-11-20(12-17)18(22)15-6-9-23-13-15/h6,9,13-14,16-17H,4-5,7-8,10-12H2,1-3H3. The molecule has 0 aliphatic carbocycles. The van der Waals surface area contributed by atoms with Gasteiger partial charge in [-0.2, -0.15) is 0 Å². The van der Waals surface area contributed by atoms with Gasteiger partial charge in [-0.05, 0) is 45.0 Å². The number of nitrogens with zero attached hydrogens (tertiary/aromatic N) is 3. The van der Waals surface area contributed by atoms with E-state index >= 15 is 0 Å². The summed E-state index contributed by atoms with van der Waals surface area (Å²) in [5.41, 5.74) is 0.665. The van der Waals surface area contributed by atoms with E-state index in [1.807, 2.05) is 4.90 Å². The predicted octanol–water partition coefficient (Wildman–Crippen LogP) is 2.16. The lowest BCUT2D eigenvalue weighted by Gasteiger charge is -2.50. The summed E-state index contributed by atoms with van der Waals surface area (Å²) < 4.78 is 5.02. The summed E-state index contributed by atoms with van der Waals surface area (Å²) in [6.07, 6.45) is 5.59. The van der Waals surface area contributed by atoms with Crippen molar-refractivity contribution in [1.82, 2.24) is 14.7 Å². The van der Waals surface area contributed by atoms with E-state index in [1.54, 1.807) is 18.6 Å². The maximum atomic E-state index is 12.3. The summed E-state index contributed by atoms with van der Waals surface area (Å²) >= 11 is 0. The first kappa shape index (κ1) is 16.5. The van der Waals surface area contributed by atoms with Crippen LogP contribution in [0.4, 0.5) is 0 Å². The van der Waals surface area contributed by atoms with Gasteiger partial charge in [0.05, 0.1) is 11.8 Å². The van der Waals surface area contributed by atoms with Gasteiger partial charge in [-0.3, -0.25) is 9.69 Å². The van der Waals surface area contributed by atoms with E-state index in [0.29, 0.717) is 23.6 Å². The number of rotatable bonds is 5. The third-order valence-electron chi connectivity index (χ3n) is 5.12. The largest absolute Gasteiger partial charge is 0.472 e. The number of piperidine rings is 1. The Kier molecular flexibility index (Phi) is 5.07. The fraction of sp³-hybridized carbons (Fsp3) is 0.722. The smallest absolute Gasteiger partial charge is 0.257 e. The topological polar surface area (TPSA) is 39.9 Å². The molecular formula is C18H29N3O2. The van der Waals surface area contributed by atoms with Crippen molar-refractivity contribution in [2.75, 3.05) is 39.8 Å². The van der Waals surface area contributed by atoms with Crippen molar-refractivity contribution in [3.63, 3.8) is 0 Å². The molecule has 3 rings (SSSR count). The van der Waals surface area contributed by atoms with Gasteiger partial charge in [-0.25, -0.2) is 0 Å². The number of carbonyl (C=O) groups is 1. The molecule has 2 aliphatic heterocycles. The maximum Gasteiger partial charge on any atom is 0.257 e. The van der Waals surface area contributed by atoms with Crippen LogP contribution in [0.2, 0.25) is 0 Å². The fourth-order valence-corrected chi connectivity index (χ4v) is 3.74. The number of hydrogen-bond acceptors (Lipinski definition) is 4. The number of likely N-dealkylation sites (tertiary alicyclic amines) is 2. The number of amides is 1. The molecule has 0 N–H and O–H groups in total. The second-order valence-corrected chi connectivity index (χ2v) is 7.50. The van der Waals surface area contributed by atoms with Crippen molar-refractivity contribution < 1.29 is 9.21 Å². The Labute approximate surface area is 139 Å². The van der Waals surface area contributed by atoms with Crippen LogP contribution in [0.5, 0.6) is 0 Å². The van der Waals surface area contributed by atoms with Gasteiger partial charge in [-0.1, -0.05) is 13.8 Å². The summed E-state index contributed by atoms with van der Waals surface area (Å²) in [4.78, 5) is 19.4. The van der Waals surface area contributed by atoms with Gasteiger partial charge in [-0.15, -0.1) is 0 Å². The first-order valence-electron chi connectivity index (χ1n) is 8.80. The van der Waals surface area contributed by atoms with Crippen molar-refractivity contribution >= 4 is 5.91 Å². The molecule has 0 radical (unpaired) electrons. The second-order valence-electron chi connectivity index (χ2n) is 7.50. The quantitative estimate of drug-likeness (QED) is 0.834. The minimum absolute atomic E-state index is 0.0999. The van der Waals surface area contributed by atoms with E-state index in [2.05, 4.69) is 30.7 Å². The molecule has 2 aliphatic rings. The van der Waals surface area contributed by atoms with Crippen molar-refractivity contribution in [3.8, 4) is 0 Å². The molecule has 5 heteroatoms. The zero-order valence-corrected chi connectivity index (χ0v) is 14.6. The Balaban J connectivity index is 1.58. The van der Waals surface area contributed by atoms with Crippen molar-refractivity contribution in [1.29, 1.82) is 0 Å². The monoisotopic (exact) mass is 319 g/mol. The maximum absolute atomic E-state index is 12.3. The molecule has 0 aromatic carbocycles. The lowest BCUT2D eigenvalue weighted by atomic mass is 9.96. The molecule has 23 heavy (non-hydrogen) atoms. The second kappa shape index (κ2) is 7.05. The molecule has 1 aromatic heterocycles. The highest BCUT2D eigenvalue weighted by atomic mass is 16.3. The van der Waals surface area contributed by atoms with Crippen LogP contribution in [0.1, 0.15) is 37.0 Å². The highest BCUT2D eigenvalue weighted by molar-refractivity contribution is 5.94. The van der Waals surface area contributed by atoms with Crippen LogP contribution >= 0.6 is 0 Å². The summed E-state index contributed by atoms with van der Waals surface area (Å²) in [5.74, 6) is 0.760. The molecule has 0 spiro atoms. The van der Waals surface area contributed by atoms with Crippen LogP contribution in [-0.2, 0) is 0 Å². The van der Waals surface area contributed by atoms with E-state index in [1.165, 1.54) is 25.9 Å². The molecule has 0 saturated carbocycles. The van der Waals surface area contributed by atoms with Gasteiger partial charge in [0.2, 0.25) is 0 Å². The molecule has 5 nitrogen and oxygen atoms in total. The minimum atomic E-state index is 0.0999. The predicted molar refractivity (Wildman–Crippen MR) is 90.5 cm³/mol. The molecular weight excluding hydrogens is 290 g/mol. The van der Waals surface area contributed by atoms with E-state index in [9.17, 15) is 4.79 Å². The van der Waals surface area contributed by atoms with Crippen molar-refractivity contribution in [3.05, 3.63) is 24.2 Å². The number of carbonyl (C=O) groups excluding carboxylic acids is 1. The van der Waals surface area contributed by atoms with Crippen LogP contribution in [0.3, 0.4) is 0 Å². The van der Waals surface area contributed by atoms with Crippen LogP contribution < -0.4 is 0 Å². The first-order valence-corrected chi connectivity index (χ1v) is 8.80. The summed E-state index contributed by atoms with van der Waals surface area (Å²) in [7, 11) is 2.21. The Morgan fingerprint density at radius 2 is 2.00 bits per heavy atom. The highest BCUT2D eigenvalue weighted by Gasteiger charge is 2.38. The van der Waals surface area contributed by atoms with Crippen molar-refractivity contribution in [2.24, 2.45) is 5.92 Å². The third-order valence-corrected chi connectivity index (χ3v) is 5.12. The van der Waals surface area contributed by atoms with Gasteiger partial charge in [0.15, 0.2) is 0 Å². The highest BCUT2D eigenvalue weighted by Crippen LogP contribution is 2.25. The van der Waals surface area contributed by atoms with Gasteiger partial charge in [0.1, 0.15) is 6.26 Å². The molecule has 2 saturated heterocycles. The molecule has 0 unspecified atom stereocenters. The molecule has 1 aromatic rings. The van der Waals surface area contributed by atoms with Crippen molar-refractivity contribution in [2.45, 2.75) is 38.8 Å². The Morgan fingerprint density at radius 3 is 2.57 bits per heavy atom. The van der Waals surface area contributed by atoms with E-state index in [4.69, 9.17) is 4.42 Å². The molecule has 0 atom stereocenters. The van der Waals surface area contributed by atoms with Crippen LogP contribution in [0, 0.1) is 5.92 Å². The zero-order valence-electron chi connectivity index (χ0n) is 14.6. The van der Waals surface area contributed by atoms with Gasteiger partial charge in [0.25, 0.3) is 5.91 Å². The van der Waals surface area contributed by atoms with Gasteiger partial charge < -0.3 is 14.2 Å². The SMILES string of the molecule is CC(C)CN(C1CCN(C)CC1)C1CN(C(=O)c2ccoc2)C1. The minimum Gasteiger partial charge on any atom is -0.472 e. The van der Waals surface area contributed by atoms with Gasteiger partial charge >= 0.3 is 0 Å². The fourth-order valence-electron chi connectivity index (χ4n) is 3.74. The van der Waals surface area contributed by atoms with Crippen LogP contribution in [0.15, 0.2) is 23.0 Å². The van der Waals surface area contributed by atoms with Gasteiger partial charge in [0, 0.05) is 31.7 Å². The Morgan fingerprint density at radius 1 is 1.30 bits per heavy atom. The van der Waals surface area contributed by atoms with E-state index in [0.717, 1.165) is 19.6 Å². The first-order chi connectivity index (χ1) is 11.0. The van der Waals surface area contributed by atoms with Crippen LogP contribution in [0.25, 0.3) is 0 Å².